The smallest absolute Gasteiger partial charge is 0.336 e. The number of hydrogen-bond acceptors (Lipinski definition) is 10. The summed E-state index contributed by atoms with van der Waals surface area (Å²) in [6.07, 6.45) is 6.53. The molecule has 0 aliphatic heterocycles. The first-order valence-electron chi connectivity index (χ1n) is 25.1. The second-order valence-corrected chi connectivity index (χ2v) is 23.6. The Morgan fingerprint density at radius 1 is 0.405 bits per heavy atom. The van der Waals surface area contributed by atoms with Gasteiger partial charge in [-0.3, -0.25) is 0 Å². The predicted octanol–water partition coefficient (Wildman–Crippen LogP) is 13.6. The average Bonchev–Trinajstić information content (AvgIpc) is 3.30. The summed E-state index contributed by atoms with van der Waals surface area (Å²) in [5.41, 5.74) is 8.73. The second-order valence-electron chi connectivity index (χ2n) is 23.6. The number of aromatic hydroxyl groups is 4. The Labute approximate surface area is 437 Å². The maximum Gasteiger partial charge on any atom is 0.336 e. The summed E-state index contributed by atoms with van der Waals surface area (Å²) in [6, 6.07) is 25.8. The quantitative estimate of drug-likeness (QED) is 0.0658. The summed E-state index contributed by atoms with van der Waals surface area (Å²) in [6.45, 7) is 25.5. The Morgan fingerprint density at radius 2 is 0.662 bits per heavy atom. The molecular weight excluding hydrogens is 929 g/mol. The minimum absolute atomic E-state index is 0.0282. The van der Waals surface area contributed by atoms with Crippen LogP contribution < -0.4 is 18.9 Å². The number of carbonyl (C=O) groups excluding carboxylic acids is 2. The van der Waals surface area contributed by atoms with Crippen molar-refractivity contribution in [1.82, 2.24) is 0 Å². The molecule has 10 heteroatoms. The van der Waals surface area contributed by atoms with Gasteiger partial charge in [0.2, 0.25) is 0 Å². The van der Waals surface area contributed by atoms with Crippen LogP contribution in [0.3, 0.4) is 0 Å². The molecule has 0 spiro atoms. The van der Waals surface area contributed by atoms with Gasteiger partial charge in [-0.2, -0.15) is 0 Å². The number of phenolic OH excluding ortho intramolecular Hbond substituents is 4. The zero-order valence-corrected chi connectivity index (χ0v) is 45.5. The Kier molecular flexibility index (Phi) is 15.3. The van der Waals surface area contributed by atoms with Crippen LogP contribution in [0.4, 0.5) is 0 Å². The Morgan fingerprint density at radius 3 is 0.905 bits per heavy atom. The van der Waals surface area contributed by atoms with Gasteiger partial charge in [-0.1, -0.05) is 144 Å². The molecule has 0 saturated carbocycles. The molecule has 0 aromatic heterocycles. The SMILES string of the molecule is COc1cc(/C=C/C(=O)Oc2c3cc(C(C)(C)C)cc2Cc2cc(C(C)(C)C)cc(c2O)Cc2cc(C(C)(C)C)cc(c2OC(=O)/C=C/c2ccc(O)c(OC)c2)Cc2cc(C(C)(C)C)cc(c2O)C3)ccc1O. The first-order valence-corrected chi connectivity index (χ1v) is 25.1. The van der Waals surface area contributed by atoms with E-state index in [4.69, 9.17) is 18.9 Å². The fourth-order valence-corrected chi connectivity index (χ4v) is 9.10. The molecule has 7 rings (SSSR count). The van der Waals surface area contributed by atoms with Crippen molar-refractivity contribution in [3.8, 4) is 46.0 Å². The summed E-state index contributed by atoms with van der Waals surface area (Å²) in [4.78, 5) is 28.3. The summed E-state index contributed by atoms with van der Waals surface area (Å²) in [5.74, 6) is -0.0691. The number of benzene rings is 6. The van der Waals surface area contributed by atoms with E-state index in [9.17, 15) is 30.0 Å². The largest absolute Gasteiger partial charge is 0.507 e. The number of rotatable bonds is 8. The van der Waals surface area contributed by atoms with Gasteiger partial charge in [-0.25, -0.2) is 9.59 Å². The molecule has 4 N–H and O–H groups in total. The lowest BCUT2D eigenvalue weighted by Crippen LogP contribution is -2.17. The molecule has 10 nitrogen and oxygen atoms in total. The van der Waals surface area contributed by atoms with E-state index in [2.05, 4.69) is 83.1 Å². The first kappa shape index (κ1) is 54.3. The summed E-state index contributed by atoms with van der Waals surface area (Å²) in [7, 11) is 2.91. The topological polar surface area (TPSA) is 152 Å². The molecule has 0 unspecified atom stereocenters. The highest BCUT2D eigenvalue weighted by Crippen LogP contribution is 2.44. The molecule has 8 bridgehead atoms. The van der Waals surface area contributed by atoms with Crippen molar-refractivity contribution in [2.45, 2.75) is 130 Å². The molecule has 1 aliphatic carbocycles. The van der Waals surface area contributed by atoms with Gasteiger partial charge in [0.15, 0.2) is 23.0 Å². The van der Waals surface area contributed by atoms with E-state index in [0.29, 0.717) is 67.1 Å². The number of carbonyl (C=O) groups is 2. The molecule has 6 aromatic carbocycles. The van der Waals surface area contributed by atoms with Crippen molar-refractivity contribution in [1.29, 1.82) is 0 Å². The standard InChI is InChI=1S/C64H72O10/c1-61(2,3)47-29-39-25-43-33-49(63(7,8)9)35-45(59(43)73-55(67)21-17-37-15-19-51(65)53(23-37)71-13)27-41-31-48(62(4,5)6)32-42(58(41)70)28-46-36-50(64(10,11)12)34-44(26-40(30-47)57(39)69)60(46)74-56(68)22-18-38-16-20-52(66)54(24-38)72-14/h15-24,29-36,65-66,69-70H,25-28H2,1-14H3/b21-17+,22-18+. The monoisotopic (exact) mass is 1000 g/mol. The number of ether oxygens (including phenoxy) is 4. The van der Waals surface area contributed by atoms with Crippen LogP contribution in [-0.2, 0) is 56.9 Å². The van der Waals surface area contributed by atoms with Gasteiger partial charge in [0, 0.05) is 60.1 Å². The minimum atomic E-state index is -0.646. The van der Waals surface area contributed by atoms with E-state index in [-0.39, 0.29) is 81.8 Å². The highest BCUT2D eigenvalue weighted by molar-refractivity contribution is 5.90. The van der Waals surface area contributed by atoms with Crippen molar-refractivity contribution < 1.29 is 49.0 Å². The fourth-order valence-electron chi connectivity index (χ4n) is 9.10. The van der Waals surface area contributed by atoms with E-state index in [1.54, 1.807) is 36.4 Å². The molecule has 74 heavy (non-hydrogen) atoms. The summed E-state index contributed by atoms with van der Waals surface area (Å²) < 4.78 is 23.5. The van der Waals surface area contributed by atoms with Crippen LogP contribution in [0.5, 0.6) is 46.0 Å². The van der Waals surface area contributed by atoms with Crippen molar-refractivity contribution in [3.63, 3.8) is 0 Å². The summed E-state index contributed by atoms with van der Waals surface area (Å²) >= 11 is 0. The zero-order chi connectivity index (χ0) is 54.2. The lowest BCUT2D eigenvalue weighted by atomic mass is 9.79. The number of esters is 2. The molecule has 0 radical (unpaired) electrons. The molecule has 0 amide bonds. The van der Waals surface area contributed by atoms with Crippen LogP contribution in [0.2, 0.25) is 0 Å². The normalized spacial score (nSPS) is 13.3. The average molecular weight is 1000 g/mol. The van der Waals surface area contributed by atoms with Crippen molar-refractivity contribution in [3.05, 3.63) is 175 Å². The number of hydrogen-bond donors (Lipinski definition) is 4. The summed E-state index contributed by atoms with van der Waals surface area (Å²) in [5, 5.41) is 45.8. The minimum Gasteiger partial charge on any atom is -0.507 e. The van der Waals surface area contributed by atoms with E-state index in [1.807, 2.05) is 48.5 Å². The molecular formula is C64H72O10. The molecule has 0 heterocycles. The molecule has 388 valence electrons. The van der Waals surface area contributed by atoms with Gasteiger partial charge >= 0.3 is 11.9 Å². The van der Waals surface area contributed by atoms with Crippen LogP contribution in [0.25, 0.3) is 12.2 Å². The van der Waals surface area contributed by atoms with Crippen LogP contribution in [0.15, 0.2) is 97.1 Å². The number of methoxy groups -OCH3 is 2. The highest BCUT2D eigenvalue weighted by atomic mass is 16.5. The molecule has 1 aliphatic rings. The predicted molar refractivity (Wildman–Crippen MR) is 294 cm³/mol. The van der Waals surface area contributed by atoms with Crippen LogP contribution in [-0.4, -0.2) is 46.6 Å². The number of fused-ring (bicyclic) bond motifs is 8. The van der Waals surface area contributed by atoms with Gasteiger partial charge < -0.3 is 39.4 Å². The first-order chi connectivity index (χ1) is 34.5. The lowest BCUT2D eigenvalue weighted by Gasteiger charge is -2.28. The van der Waals surface area contributed by atoms with Crippen molar-refractivity contribution in [2.75, 3.05) is 14.2 Å². The second kappa shape index (κ2) is 20.8. The maximum absolute atomic E-state index is 14.2. The Bertz CT molecular complexity index is 2890. The third-order valence-corrected chi connectivity index (χ3v) is 13.6. The Hall–Kier alpha value is -7.46. The molecule has 0 saturated heterocycles. The third-order valence-electron chi connectivity index (χ3n) is 13.6. The Balaban J connectivity index is 1.50. The van der Waals surface area contributed by atoms with E-state index >= 15 is 0 Å². The van der Waals surface area contributed by atoms with Crippen LogP contribution >= 0.6 is 0 Å². The van der Waals surface area contributed by atoms with Crippen LogP contribution in [0.1, 0.15) is 161 Å². The molecule has 0 fully saturated rings. The van der Waals surface area contributed by atoms with Gasteiger partial charge in [-0.05, 0) is 114 Å². The lowest BCUT2D eigenvalue weighted by molar-refractivity contribution is -0.129. The fraction of sp³-hybridized carbons (Fsp3) is 0.344. The molecule has 0 atom stereocenters. The number of phenols is 4. The highest BCUT2D eigenvalue weighted by Gasteiger charge is 2.29. The van der Waals surface area contributed by atoms with Gasteiger partial charge in [0.05, 0.1) is 14.2 Å². The zero-order valence-electron chi connectivity index (χ0n) is 45.5. The molecule has 6 aromatic rings. The van der Waals surface area contributed by atoms with Crippen molar-refractivity contribution >= 4 is 24.1 Å². The third kappa shape index (κ3) is 12.5. The van der Waals surface area contributed by atoms with Crippen molar-refractivity contribution in [2.24, 2.45) is 0 Å². The van der Waals surface area contributed by atoms with Gasteiger partial charge in [0.25, 0.3) is 0 Å². The van der Waals surface area contributed by atoms with E-state index in [1.165, 1.54) is 38.5 Å². The van der Waals surface area contributed by atoms with E-state index in [0.717, 1.165) is 22.3 Å². The van der Waals surface area contributed by atoms with Gasteiger partial charge in [-0.15, -0.1) is 0 Å². The van der Waals surface area contributed by atoms with Gasteiger partial charge in [0.1, 0.15) is 23.0 Å². The van der Waals surface area contributed by atoms with Crippen LogP contribution in [0, 0.1) is 0 Å². The van der Waals surface area contributed by atoms with E-state index < -0.39 is 11.9 Å². The maximum atomic E-state index is 14.2.